The smallest absolute Gasteiger partial charge is 0.257 e. The SMILES string of the molecule is COc1ccc(C(=O)N(C)C(C)c2cccs2)c(OC)c1. The van der Waals surface area contributed by atoms with E-state index in [1.165, 1.54) is 0 Å². The van der Waals surface area contributed by atoms with Crippen molar-refractivity contribution in [3.05, 3.63) is 46.2 Å². The van der Waals surface area contributed by atoms with Crippen molar-refractivity contribution in [2.75, 3.05) is 21.3 Å². The Kier molecular flexibility index (Phi) is 4.85. The van der Waals surface area contributed by atoms with Gasteiger partial charge in [0.2, 0.25) is 0 Å². The first-order chi connectivity index (χ1) is 10.1. The van der Waals surface area contributed by atoms with E-state index < -0.39 is 0 Å². The van der Waals surface area contributed by atoms with Crippen LogP contribution >= 0.6 is 11.3 Å². The van der Waals surface area contributed by atoms with Crippen molar-refractivity contribution in [2.45, 2.75) is 13.0 Å². The van der Waals surface area contributed by atoms with Crippen molar-refractivity contribution in [1.82, 2.24) is 4.90 Å². The Bertz CT molecular complexity index is 610. The molecular weight excluding hydrogens is 286 g/mol. The van der Waals surface area contributed by atoms with Crippen molar-refractivity contribution in [1.29, 1.82) is 0 Å². The molecule has 0 fully saturated rings. The summed E-state index contributed by atoms with van der Waals surface area (Å²) in [4.78, 5) is 15.5. The molecule has 0 radical (unpaired) electrons. The van der Waals surface area contributed by atoms with Gasteiger partial charge in [-0.05, 0) is 30.5 Å². The molecule has 1 aromatic carbocycles. The third-order valence-corrected chi connectivity index (χ3v) is 4.54. The number of rotatable bonds is 5. The molecule has 0 N–H and O–H groups in total. The zero-order valence-corrected chi connectivity index (χ0v) is 13.4. The number of hydrogen-bond acceptors (Lipinski definition) is 4. The largest absolute Gasteiger partial charge is 0.497 e. The molecule has 1 amide bonds. The standard InChI is InChI=1S/C16H19NO3S/c1-11(15-6-5-9-21-15)17(2)16(18)13-8-7-12(19-3)10-14(13)20-4/h5-11H,1-4H3. The fraction of sp³-hybridized carbons (Fsp3) is 0.312. The maximum absolute atomic E-state index is 12.7. The molecule has 1 heterocycles. The van der Waals surface area contributed by atoms with Gasteiger partial charge in [-0.15, -0.1) is 11.3 Å². The Balaban J connectivity index is 2.27. The van der Waals surface area contributed by atoms with E-state index in [9.17, 15) is 4.79 Å². The predicted molar refractivity (Wildman–Crippen MR) is 84.4 cm³/mol. The lowest BCUT2D eigenvalue weighted by atomic mass is 10.1. The molecule has 1 atom stereocenters. The molecule has 4 nitrogen and oxygen atoms in total. The van der Waals surface area contributed by atoms with Gasteiger partial charge in [-0.25, -0.2) is 0 Å². The average molecular weight is 305 g/mol. The van der Waals surface area contributed by atoms with Crippen molar-refractivity contribution in [3.8, 4) is 11.5 Å². The van der Waals surface area contributed by atoms with Gasteiger partial charge in [-0.1, -0.05) is 6.07 Å². The van der Waals surface area contributed by atoms with Crippen molar-refractivity contribution in [3.63, 3.8) is 0 Å². The Morgan fingerprint density at radius 2 is 2.00 bits per heavy atom. The van der Waals surface area contributed by atoms with Crippen LogP contribution in [0.2, 0.25) is 0 Å². The van der Waals surface area contributed by atoms with Crippen LogP contribution in [0.25, 0.3) is 0 Å². The summed E-state index contributed by atoms with van der Waals surface area (Å²) >= 11 is 1.64. The number of hydrogen-bond donors (Lipinski definition) is 0. The molecule has 0 aliphatic rings. The second-order valence-corrected chi connectivity index (χ2v) is 5.65. The highest BCUT2D eigenvalue weighted by Crippen LogP contribution is 2.29. The summed E-state index contributed by atoms with van der Waals surface area (Å²) in [5.74, 6) is 1.11. The van der Waals surface area contributed by atoms with Crippen LogP contribution in [0.15, 0.2) is 35.7 Å². The van der Waals surface area contributed by atoms with Gasteiger partial charge < -0.3 is 14.4 Å². The summed E-state index contributed by atoms with van der Waals surface area (Å²) in [7, 11) is 4.94. The zero-order valence-electron chi connectivity index (χ0n) is 12.6. The lowest BCUT2D eigenvalue weighted by molar-refractivity contribution is 0.0741. The Morgan fingerprint density at radius 3 is 2.57 bits per heavy atom. The van der Waals surface area contributed by atoms with Gasteiger partial charge in [0.05, 0.1) is 25.8 Å². The third kappa shape index (κ3) is 3.19. The summed E-state index contributed by atoms with van der Waals surface area (Å²) in [6.45, 7) is 2.01. The summed E-state index contributed by atoms with van der Waals surface area (Å²) in [6, 6.07) is 9.26. The van der Waals surface area contributed by atoms with Gasteiger partial charge >= 0.3 is 0 Å². The van der Waals surface area contributed by atoms with Crippen molar-refractivity contribution in [2.24, 2.45) is 0 Å². The topological polar surface area (TPSA) is 38.8 Å². The van der Waals surface area contributed by atoms with E-state index in [2.05, 4.69) is 0 Å². The van der Waals surface area contributed by atoms with Crippen LogP contribution in [0.3, 0.4) is 0 Å². The Labute approximate surface area is 128 Å². The van der Waals surface area contributed by atoms with Crippen LogP contribution in [-0.4, -0.2) is 32.1 Å². The van der Waals surface area contributed by atoms with Gasteiger partial charge in [-0.2, -0.15) is 0 Å². The van der Waals surface area contributed by atoms with E-state index in [-0.39, 0.29) is 11.9 Å². The third-order valence-electron chi connectivity index (χ3n) is 3.50. The number of carbonyl (C=O) groups excluding carboxylic acids is 1. The normalized spacial score (nSPS) is 11.8. The maximum Gasteiger partial charge on any atom is 0.257 e. The zero-order chi connectivity index (χ0) is 15.4. The molecule has 0 saturated carbocycles. The first-order valence-corrected chi connectivity index (χ1v) is 7.49. The highest BCUT2D eigenvalue weighted by atomic mass is 32.1. The first-order valence-electron chi connectivity index (χ1n) is 6.61. The van der Waals surface area contributed by atoms with E-state index in [0.29, 0.717) is 17.1 Å². The second kappa shape index (κ2) is 6.63. The Morgan fingerprint density at radius 1 is 1.24 bits per heavy atom. The summed E-state index contributed by atoms with van der Waals surface area (Å²) < 4.78 is 10.5. The van der Waals surface area contributed by atoms with E-state index in [1.54, 1.807) is 55.7 Å². The molecule has 1 aromatic heterocycles. The summed E-state index contributed by atoms with van der Waals surface area (Å²) in [5.41, 5.74) is 0.532. The van der Waals surface area contributed by atoms with Gasteiger partial charge in [0.15, 0.2) is 0 Å². The van der Waals surface area contributed by atoms with E-state index in [1.807, 2.05) is 24.4 Å². The molecule has 0 spiro atoms. The highest BCUT2D eigenvalue weighted by Gasteiger charge is 2.22. The Hall–Kier alpha value is -2.01. The fourth-order valence-corrected chi connectivity index (χ4v) is 2.89. The molecule has 2 rings (SSSR count). The predicted octanol–water partition coefficient (Wildman–Crippen LogP) is 3.60. The molecular formula is C16H19NO3S. The number of methoxy groups -OCH3 is 2. The van der Waals surface area contributed by atoms with E-state index in [0.717, 1.165) is 4.88 Å². The molecule has 0 aliphatic heterocycles. The van der Waals surface area contributed by atoms with Crippen LogP contribution in [0.5, 0.6) is 11.5 Å². The molecule has 21 heavy (non-hydrogen) atoms. The van der Waals surface area contributed by atoms with Gasteiger partial charge in [0, 0.05) is 18.0 Å². The molecule has 0 aliphatic carbocycles. The van der Waals surface area contributed by atoms with Gasteiger partial charge in [0.25, 0.3) is 5.91 Å². The van der Waals surface area contributed by atoms with Crippen molar-refractivity contribution >= 4 is 17.2 Å². The number of carbonyl (C=O) groups is 1. The molecule has 0 bridgehead atoms. The highest BCUT2D eigenvalue weighted by molar-refractivity contribution is 7.10. The monoisotopic (exact) mass is 305 g/mol. The number of benzene rings is 1. The molecule has 5 heteroatoms. The van der Waals surface area contributed by atoms with E-state index in [4.69, 9.17) is 9.47 Å². The molecule has 2 aromatic rings. The van der Waals surface area contributed by atoms with Gasteiger partial charge in [0.1, 0.15) is 11.5 Å². The first kappa shape index (κ1) is 15.4. The van der Waals surface area contributed by atoms with Crippen LogP contribution in [0, 0.1) is 0 Å². The molecule has 112 valence electrons. The number of nitrogens with zero attached hydrogens (tertiary/aromatic N) is 1. The minimum atomic E-state index is -0.0737. The van der Waals surface area contributed by atoms with Crippen molar-refractivity contribution < 1.29 is 14.3 Å². The summed E-state index contributed by atoms with van der Waals surface area (Å²) in [5, 5.41) is 2.01. The second-order valence-electron chi connectivity index (χ2n) is 4.67. The van der Waals surface area contributed by atoms with Crippen LogP contribution in [0.4, 0.5) is 0 Å². The van der Waals surface area contributed by atoms with E-state index >= 15 is 0 Å². The fourth-order valence-electron chi connectivity index (χ4n) is 2.06. The minimum Gasteiger partial charge on any atom is -0.497 e. The average Bonchev–Trinajstić information content (AvgIpc) is 3.06. The summed E-state index contributed by atoms with van der Waals surface area (Å²) in [6.07, 6.45) is 0. The molecule has 1 unspecified atom stereocenters. The molecule has 0 saturated heterocycles. The quantitative estimate of drug-likeness (QED) is 0.847. The van der Waals surface area contributed by atoms with Gasteiger partial charge in [-0.3, -0.25) is 4.79 Å². The number of ether oxygens (including phenoxy) is 2. The van der Waals surface area contributed by atoms with Crippen LogP contribution in [-0.2, 0) is 0 Å². The lowest BCUT2D eigenvalue weighted by Crippen LogP contribution is -2.29. The lowest BCUT2D eigenvalue weighted by Gasteiger charge is -2.25. The van der Waals surface area contributed by atoms with Crippen LogP contribution < -0.4 is 9.47 Å². The van der Waals surface area contributed by atoms with Crippen LogP contribution in [0.1, 0.15) is 28.2 Å². The maximum atomic E-state index is 12.7. The number of amides is 1. The minimum absolute atomic E-state index is 0.0179. The number of thiophene rings is 1.